The van der Waals surface area contributed by atoms with Crippen LogP contribution in [0.5, 0.6) is 17.2 Å². The van der Waals surface area contributed by atoms with E-state index in [2.05, 4.69) is 25.2 Å². The monoisotopic (exact) mass is 357 g/mol. The molecule has 2 aromatic carbocycles. The molecule has 0 radical (unpaired) electrons. The molecule has 1 atom stereocenters. The molecular weight excluding hydrogens is 330 g/mol. The van der Waals surface area contributed by atoms with Gasteiger partial charge in [-0.05, 0) is 49.1 Å². The molecule has 0 aliphatic heterocycles. The maximum Gasteiger partial charge on any atom is 0.265 e. The van der Waals surface area contributed by atoms with Crippen LogP contribution in [0.1, 0.15) is 37.8 Å². The number of nitrogens with one attached hydrogen (secondary N) is 1. The zero-order valence-electron chi connectivity index (χ0n) is 16.3. The van der Waals surface area contributed by atoms with Gasteiger partial charge >= 0.3 is 0 Å². The fourth-order valence-corrected chi connectivity index (χ4v) is 2.50. The fraction of sp³-hybridized carbons (Fsp3) is 0.381. The summed E-state index contributed by atoms with van der Waals surface area (Å²) in [7, 11) is 3.12. The summed E-state index contributed by atoms with van der Waals surface area (Å²) >= 11 is 0. The molecule has 0 aliphatic rings. The fourth-order valence-electron chi connectivity index (χ4n) is 2.50. The smallest absolute Gasteiger partial charge is 0.265 e. The number of carbonyl (C=O) groups excluding carboxylic acids is 1. The maximum absolute atomic E-state index is 12.5. The number of benzene rings is 2. The maximum atomic E-state index is 12.5. The van der Waals surface area contributed by atoms with Crippen molar-refractivity contribution in [2.75, 3.05) is 19.5 Å². The number of ether oxygens (including phenoxy) is 3. The normalized spacial score (nSPS) is 11.8. The molecule has 0 heterocycles. The van der Waals surface area contributed by atoms with Crippen molar-refractivity contribution >= 4 is 11.6 Å². The first-order valence-electron chi connectivity index (χ1n) is 8.65. The van der Waals surface area contributed by atoms with E-state index in [1.807, 2.05) is 19.1 Å². The van der Waals surface area contributed by atoms with Gasteiger partial charge in [-0.2, -0.15) is 0 Å². The minimum absolute atomic E-state index is 0.230. The second-order valence-corrected chi connectivity index (χ2v) is 6.50. The molecule has 0 saturated heterocycles. The van der Waals surface area contributed by atoms with Gasteiger partial charge in [0.05, 0.1) is 14.2 Å². The zero-order valence-corrected chi connectivity index (χ0v) is 16.3. The Morgan fingerprint density at radius 1 is 0.923 bits per heavy atom. The van der Waals surface area contributed by atoms with Gasteiger partial charge < -0.3 is 19.5 Å². The van der Waals surface area contributed by atoms with Gasteiger partial charge in [-0.3, -0.25) is 4.79 Å². The highest BCUT2D eigenvalue weighted by Crippen LogP contribution is 2.30. The summed E-state index contributed by atoms with van der Waals surface area (Å²) in [5, 5.41) is 2.85. The average molecular weight is 357 g/mol. The van der Waals surface area contributed by atoms with Crippen LogP contribution in [-0.2, 0) is 4.79 Å². The summed E-state index contributed by atoms with van der Waals surface area (Å²) in [6.07, 6.45) is -0.635. The lowest BCUT2D eigenvalue weighted by molar-refractivity contribution is -0.122. The highest BCUT2D eigenvalue weighted by molar-refractivity contribution is 5.94. The molecule has 5 nitrogen and oxygen atoms in total. The Morgan fingerprint density at radius 3 is 2.23 bits per heavy atom. The number of rotatable bonds is 7. The average Bonchev–Trinajstić information content (AvgIpc) is 2.62. The summed E-state index contributed by atoms with van der Waals surface area (Å²) < 4.78 is 16.4. The number of carbonyl (C=O) groups is 1. The first kappa shape index (κ1) is 19.6. The van der Waals surface area contributed by atoms with Crippen molar-refractivity contribution in [1.82, 2.24) is 0 Å². The van der Waals surface area contributed by atoms with E-state index in [4.69, 9.17) is 14.2 Å². The molecule has 0 spiro atoms. The van der Waals surface area contributed by atoms with Gasteiger partial charge in [0.1, 0.15) is 5.75 Å². The second-order valence-electron chi connectivity index (χ2n) is 6.50. The van der Waals surface area contributed by atoms with Crippen molar-refractivity contribution < 1.29 is 19.0 Å². The molecular formula is C21H27NO4. The predicted octanol–water partition coefficient (Wildman–Crippen LogP) is 4.54. The van der Waals surface area contributed by atoms with Crippen LogP contribution in [0, 0.1) is 6.92 Å². The minimum atomic E-state index is -0.635. The molecule has 1 unspecified atom stereocenters. The van der Waals surface area contributed by atoms with E-state index >= 15 is 0 Å². The Morgan fingerprint density at radius 2 is 1.62 bits per heavy atom. The van der Waals surface area contributed by atoms with E-state index < -0.39 is 6.10 Å². The Labute approximate surface area is 155 Å². The van der Waals surface area contributed by atoms with Gasteiger partial charge in [0.2, 0.25) is 0 Å². The first-order valence-corrected chi connectivity index (χ1v) is 8.65. The zero-order chi connectivity index (χ0) is 19.3. The summed E-state index contributed by atoms with van der Waals surface area (Å²) in [6.45, 7) is 7.96. The van der Waals surface area contributed by atoms with Crippen LogP contribution in [-0.4, -0.2) is 26.2 Å². The topological polar surface area (TPSA) is 56.8 Å². The molecule has 140 valence electrons. The third kappa shape index (κ3) is 4.69. The molecule has 1 amide bonds. The van der Waals surface area contributed by atoms with Crippen LogP contribution in [0.4, 0.5) is 5.69 Å². The molecule has 0 aromatic heterocycles. The Balaban J connectivity index is 2.10. The van der Waals surface area contributed by atoms with E-state index in [1.54, 1.807) is 39.3 Å². The van der Waals surface area contributed by atoms with Crippen molar-refractivity contribution in [2.45, 2.75) is 39.7 Å². The van der Waals surface area contributed by atoms with E-state index in [9.17, 15) is 4.79 Å². The van der Waals surface area contributed by atoms with Gasteiger partial charge in [-0.15, -0.1) is 0 Å². The van der Waals surface area contributed by atoms with Crippen molar-refractivity contribution in [3.8, 4) is 17.2 Å². The van der Waals surface area contributed by atoms with Gasteiger partial charge in [0.15, 0.2) is 17.6 Å². The number of anilines is 1. The molecule has 2 rings (SSSR count). The molecule has 2 aromatic rings. The predicted molar refractivity (Wildman–Crippen MR) is 104 cm³/mol. The standard InChI is InChI=1S/C21H27NO4/c1-13(2)16-8-7-14(3)19(11-16)26-15(4)21(23)22-17-9-10-18(24-5)20(12-17)25-6/h7-13,15H,1-6H3,(H,22,23). The summed E-state index contributed by atoms with van der Waals surface area (Å²) in [5.74, 6) is 2.06. The highest BCUT2D eigenvalue weighted by atomic mass is 16.5. The lowest BCUT2D eigenvalue weighted by Crippen LogP contribution is -2.30. The summed E-state index contributed by atoms with van der Waals surface area (Å²) in [4.78, 5) is 12.5. The van der Waals surface area contributed by atoms with Crippen LogP contribution in [0.3, 0.4) is 0 Å². The molecule has 1 N–H and O–H groups in total. The first-order chi connectivity index (χ1) is 12.3. The van der Waals surface area contributed by atoms with E-state index in [0.717, 1.165) is 11.3 Å². The third-order valence-corrected chi connectivity index (χ3v) is 4.20. The largest absolute Gasteiger partial charge is 0.493 e. The van der Waals surface area contributed by atoms with Crippen molar-refractivity contribution in [3.05, 3.63) is 47.5 Å². The SMILES string of the molecule is COc1ccc(NC(=O)C(C)Oc2cc(C(C)C)ccc2C)cc1OC. The van der Waals surface area contributed by atoms with Gasteiger partial charge in [-0.25, -0.2) is 0 Å². The van der Waals surface area contributed by atoms with Crippen LogP contribution in [0.25, 0.3) is 0 Å². The van der Waals surface area contributed by atoms with Gasteiger partial charge in [-0.1, -0.05) is 26.0 Å². The number of hydrogen-bond acceptors (Lipinski definition) is 4. The number of aryl methyl sites for hydroxylation is 1. The van der Waals surface area contributed by atoms with Crippen LogP contribution in [0.15, 0.2) is 36.4 Å². The van der Waals surface area contributed by atoms with Crippen molar-refractivity contribution in [3.63, 3.8) is 0 Å². The lowest BCUT2D eigenvalue weighted by Gasteiger charge is -2.18. The van der Waals surface area contributed by atoms with E-state index in [-0.39, 0.29) is 5.91 Å². The summed E-state index contributed by atoms with van der Waals surface area (Å²) in [6, 6.07) is 11.3. The van der Waals surface area contributed by atoms with Crippen molar-refractivity contribution in [1.29, 1.82) is 0 Å². The highest BCUT2D eigenvalue weighted by Gasteiger charge is 2.17. The summed E-state index contributed by atoms with van der Waals surface area (Å²) in [5.41, 5.74) is 2.80. The number of hydrogen-bond donors (Lipinski definition) is 1. The lowest BCUT2D eigenvalue weighted by atomic mass is 10.0. The number of methoxy groups -OCH3 is 2. The molecule has 26 heavy (non-hydrogen) atoms. The number of amides is 1. The van der Waals surface area contributed by atoms with Crippen LogP contribution < -0.4 is 19.5 Å². The van der Waals surface area contributed by atoms with Crippen LogP contribution >= 0.6 is 0 Å². The van der Waals surface area contributed by atoms with E-state index in [0.29, 0.717) is 23.1 Å². The second kappa shape index (κ2) is 8.61. The molecule has 5 heteroatoms. The van der Waals surface area contributed by atoms with Gasteiger partial charge in [0, 0.05) is 11.8 Å². The Hall–Kier alpha value is -2.69. The van der Waals surface area contributed by atoms with Crippen LogP contribution in [0.2, 0.25) is 0 Å². The van der Waals surface area contributed by atoms with E-state index in [1.165, 1.54) is 5.56 Å². The van der Waals surface area contributed by atoms with Crippen molar-refractivity contribution in [2.24, 2.45) is 0 Å². The molecule has 0 aliphatic carbocycles. The Kier molecular flexibility index (Phi) is 6.50. The molecule has 0 fully saturated rings. The van der Waals surface area contributed by atoms with Gasteiger partial charge in [0.25, 0.3) is 5.91 Å². The Bertz CT molecular complexity index is 771. The molecule has 0 bridgehead atoms. The molecule has 0 saturated carbocycles. The third-order valence-electron chi connectivity index (χ3n) is 4.20. The quantitative estimate of drug-likeness (QED) is 0.790. The minimum Gasteiger partial charge on any atom is -0.493 e.